The molecule has 0 saturated carbocycles. The van der Waals surface area contributed by atoms with Gasteiger partial charge in [-0.1, -0.05) is 18.2 Å². The highest BCUT2D eigenvalue weighted by atomic mass is 16.4. The number of hydrogen-bond acceptors (Lipinski definition) is 4. The number of aliphatic hydroxyl groups excluding tert-OH is 1. The summed E-state index contributed by atoms with van der Waals surface area (Å²) in [6.45, 7) is 4.28. The predicted octanol–water partition coefficient (Wildman–Crippen LogP) is 1.01. The van der Waals surface area contributed by atoms with Crippen molar-refractivity contribution in [3.8, 4) is 0 Å². The van der Waals surface area contributed by atoms with Crippen LogP contribution in [0.2, 0.25) is 0 Å². The number of anilines is 1. The smallest absolute Gasteiger partial charge is 0.304 e. The van der Waals surface area contributed by atoms with Crippen molar-refractivity contribution in [1.29, 1.82) is 0 Å². The van der Waals surface area contributed by atoms with Gasteiger partial charge in [0.2, 0.25) is 5.91 Å². The molecule has 0 radical (unpaired) electrons. The Kier molecular flexibility index (Phi) is 6.84. The van der Waals surface area contributed by atoms with E-state index in [-0.39, 0.29) is 38.6 Å². The van der Waals surface area contributed by atoms with E-state index in [1.807, 2.05) is 32.0 Å². The van der Waals surface area contributed by atoms with E-state index in [4.69, 9.17) is 10.2 Å². The second-order valence-electron chi connectivity index (χ2n) is 4.96. The molecule has 1 amide bonds. The molecule has 0 unspecified atom stereocenters. The minimum Gasteiger partial charge on any atom is -0.481 e. The van der Waals surface area contributed by atoms with Crippen LogP contribution in [-0.2, 0) is 9.59 Å². The van der Waals surface area contributed by atoms with Crippen LogP contribution in [0.4, 0.5) is 5.69 Å². The molecule has 1 rings (SSSR count). The van der Waals surface area contributed by atoms with Crippen LogP contribution in [0.1, 0.15) is 17.5 Å². The number of aliphatic hydroxyl groups is 1. The zero-order chi connectivity index (χ0) is 15.8. The lowest BCUT2D eigenvalue weighted by molar-refractivity contribution is -0.137. The first-order chi connectivity index (χ1) is 9.93. The number of nitrogens with zero attached hydrogens (tertiary/aromatic N) is 1. The molecular formula is C15H22N2O4. The summed E-state index contributed by atoms with van der Waals surface area (Å²) in [4.78, 5) is 24.3. The second kappa shape index (κ2) is 8.39. The third kappa shape index (κ3) is 5.93. The number of hydrogen-bond donors (Lipinski definition) is 3. The number of aryl methyl sites for hydroxylation is 2. The molecule has 0 heterocycles. The van der Waals surface area contributed by atoms with E-state index < -0.39 is 5.97 Å². The number of aliphatic carboxylic acids is 1. The minimum atomic E-state index is -0.923. The summed E-state index contributed by atoms with van der Waals surface area (Å²) in [5.41, 5.74) is 2.73. The van der Waals surface area contributed by atoms with Crippen molar-refractivity contribution in [3.63, 3.8) is 0 Å². The largest absolute Gasteiger partial charge is 0.481 e. The molecule has 0 aliphatic rings. The Morgan fingerprint density at radius 3 is 2.33 bits per heavy atom. The van der Waals surface area contributed by atoms with Gasteiger partial charge in [0.15, 0.2) is 0 Å². The molecule has 0 aliphatic heterocycles. The molecule has 3 N–H and O–H groups in total. The van der Waals surface area contributed by atoms with E-state index in [0.29, 0.717) is 0 Å². The fourth-order valence-electron chi connectivity index (χ4n) is 2.06. The first-order valence-corrected chi connectivity index (χ1v) is 6.85. The fraction of sp³-hybridized carbons (Fsp3) is 0.467. The zero-order valence-corrected chi connectivity index (χ0v) is 12.4. The Balaban J connectivity index is 2.63. The summed E-state index contributed by atoms with van der Waals surface area (Å²) in [5, 5.41) is 20.5. The second-order valence-corrected chi connectivity index (χ2v) is 4.96. The molecule has 0 aliphatic carbocycles. The standard InChI is InChI=1S/C15H22N2O4/c1-11-4-3-5-12(2)15(11)16-13(19)10-17(8-9-18)7-6-14(20)21/h3-5,18H,6-10H2,1-2H3,(H,16,19)(H,20,21). The number of benzene rings is 1. The molecular weight excluding hydrogens is 272 g/mol. The van der Waals surface area contributed by atoms with Crippen LogP contribution in [0.3, 0.4) is 0 Å². The van der Waals surface area contributed by atoms with E-state index in [1.54, 1.807) is 4.90 Å². The van der Waals surface area contributed by atoms with Crippen LogP contribution in [0.15, 0.2) is 18.2 Å². The van der Waals surface area contributed by atoms with Crippen LogP contribution in [0, 0.1) is 13.8 Å². The number of carboxylic acids is 1. The van der Waals surface area contributed by atoms with Gasteiger partial charge in [-0.15, -0.1) is 0 Å². The molecule has 116 valence electrons. The van der Waals surface area contributed by atoms with Crippen LogP contribution in [-0.4, -0.2) is 53.2 Å². The average Bonchev–Trinajstić information content (AvgIpc) is 2.40. The highest BCUT2D eigenvalue weighted by Crippen LogP contribution is 2.19. The number of carbonyl (C=O) groups is 2. The van der Waals surface area contributed by atoms with E-state index in [0.717, 1.165) is 16.8 Å². The molecule has 21 heavy (non-hydrogen) atoms. The summed E-state index contributed by atoms with van der Waals surface area (Å²) < 4.78 is 0. The summed E-state index contributed by atoms with van der Waals surface area (Å²) in [7, 11) is 0. The average molecular weight is 294 g/mol. The third-order valence-corrected chi connectivity index (χ3v) is 3.17. The van der Waals surface area contributed by atoms with Gasteiger partial charge in [-0.3, -0.25) is 14.5 Å². The topological polar surface area (TPSA) is 89.9 Å². The van der Waals surface area contributed by atoms with Crippen molar-refractivity contribution in [1.82, 2.24) is 4.90 Å². The van der Waals surface area contributed by atoms with Crippen molar-refractivity contribution >= 4 is 17.6 Å². The quantitative estimate of drug-likeness (QED) is 0.666. The van der Waals surface area contributed by atoms with Crippen LogP contribution >= 0.6 is 0 Å². The van der Waals surface area contributed by atoms with Crippen LogP contribution in [0.25, 0.3) is 0 Å². The maximum absolute atomic E-state index is 12.1. The summed E-state index contributed by atoms with van der Waals surface area (Å²) in [5.74, 6) is -1.14. The van der Waals surface area contributed by atoms with Crippen LogP contribution in [0.5, 0.6) is 0 Å². The first kappa shape index (κ1) is 17.1. The van der Waals surface area contributed by atoms with Gasteiger partial charge >= 0.3 is 5.97 Å². The molecule has 0 aromatic heterocycles. The summed E-state index contributed by atoms with van der Waals surface area (Å²) >= 11 is 0. The third-order valence-electron chi connectivity index (χ3n) is 3.17. The van der Waals surface area contributed by atoms with Crippen molar-refractivity contribution in [2.75, 3.05) is 31.6 Å². The van der Waals surface area contributed by atoms with Crippen molar-refractivity contribution in [2.45, 2.75) is 20.3 Å². The maximum atomic E-state index is 12.1. The van der Waals surface area contributed by atoms with Gasteiger partial charge < -0.3 is 15.5 Å². The Morgan fingerprint density at radius 1 is 1.19 bits per heavy atom. The molecule has 0 fully saturated rings. The molecule has 6 heteroatoms. The summed E-state index contributed by atoms with van der Waals surface area (Å²) in [6, 6.07) is 5.75. The highest BCUT2D eigenvalue weighted by molar-refractivity contribution is 5.93. The van der Waals surface area contributed by atoms with Crippen molar-refractivity contribution in [2.24, 2.45) is 0 Å². The molecule has 0 bridgehead atoms. The number of rotatable bonds is 8. The van der Waals surface area contributed by atoms with Gasteiger partial charge in [-0.2, -0.15) is 0 Å². The number of para-hydroxylation sites is 1. The minimum absolute atomic E-state index is 0.0572. The Bertz CT molecular complexity index is 482. The molecule has 1 aromatic carbocycles. The lowest BCUT2D eigenvalue weighted by Gasteiger charge is -2.20. The fourth-order valence-corrected chi connectivity index (χ4v) is 2.06. The highest BCUT2D eigenvalue weighted by Gasteiger charge is 2.13. The van der Waals surface area contributed by atoms with Gasteiger partial charge in [0.1, 0.15) is 0 Å². The molecule has 0 spiro atoms. The normalized spacial score (nSPS) is 10.7. The lowest BCUT2D eigenvalue weighted by Crippen LogP contribution is -2.36. The molecule has 0 saturated heterocycles. The Morgan fingerprint density at radius 2 is 1.81 bits per heavy atom. The number of carbonyl (C=O) groups excluding carboxylic acids is 1. The summed E-state index contributed by atoms with van der Waals surface area (Å²) in [6.07, 6.45) is -0.0589. The maximum Gasteiger partial charge on any atom is 0.304 e. The SMILES string of the molecule is Cc1cccc(C)c1NC(=O)CN(CCO)CCC(=O)O. The van der Waals surface area contributed by atoms with E-state index >= 15 is 0 Å². The van der Waals surface area contributed by atoms with Crippen molar-refractivity contribution < 1.29 is 19.8 Å². The van der Waals surface area contributed by atoms with Gasteiger partial charge in [-0.25, -0.2) is 0 Å². The van der Waals surface area contributed by atoms with Gasteiger partial charge in [0.25, 0.3) is 0 Å². The van der Waals surface area contributed by atoms with Gasteiger partial charge in [0.05, 0.1) is 19.6 Å². The lowest BCUT2D eigenvalue weighted by atomic mass is 10.1. The predicted molar refractivity (Wildman–Crippen MR) is 80.3 cm³/mol. The van der Waals surface area contributed by atoms with Gasteiger partial charge in [0, 0.05) is 18.8 Å². The van der Waals surface area contributed by atoms with E-state index in [1.165, 1.54) is 0 Å². The first-order valence-electron chi connectivity index (χ1n) is 6.85. The van der Waals surface area contributed by atoms with E-state index in [2.05, 4.69) is 5.32 Å². The Hall–Kier alpha value is -1.92. The molecule has 0 atom stereocenters. The molecule has 6 nitrogen and oxygen atoms in total. The van der Waals surface area contributed by atoms with Crippen LogP contribution < -0.4 is 5.32 Å². The number of amides is 1. The Labute approximate surface area is 124 Å². The number of carboxylic acid groups (broad SMARTS) is 1. The van der Waals surface area contributed by atoms with E-state index in [9.17, 15) is 9.59 Å². The van der Waals surface area contributed by atoms with Crippen molar-refractivity contribution in [3.05, 3.63) is 29.3 Å². The molecule has 1 aromatic rings. The van der Waals surface area contributed by atoms with Gasteiger partial charge in [-0.05, 0) is 25.0 Å². The monoisotopic (exact) mass is 294 g/mol. The zero-order valence-electron chi connectivity index (χ0n) is 12.4. The number of nitrogens with one attached hydrogen (secondary N) is 1.